The summed E-state index contributed by atoms with van der Waals surface area (Å²) in [6.07, 6.45) is -7.14. The van der Waals surface area contributed by atoms with E-state index in [9.17, 15) is 31.1 Å². The van der Waals surface area contributed by atoms with Crippen LogP contribution in [0.2, 0.25) is 0 Å². The molecule has 0 spiro atoms. The van der Waals surface area contributed by atoms with Crippen molar-refractivity contribution in [2.45, 2.75) is 38.7 Å². The van der Waals surface area contributed by atoms with Crippen LogP contribution in [0.15, 0.2) is 24.5 Å². The lowest BCUT2D eigenvalue weighted by molar-refractivity contribution is -0.145. The Labute approximate surface area is 174 Å². The Morgan fingerprint density at radius 3 is 2.23 bits per heavy atom. The number of carbonyl (C=O) groups excluding carboxylic acids is 1. The lowest BCUT2D eigenvalue weighted by Crippen LogP contribution is -2.36. The lowest BCUT2D eigenvalue weighted by Gasteiger charge is -2.23. The van der Waals surface area contributed by atoms with Crippen LogP contribution in [0.1, 0.15) is 47.9 Å². The molecule has 6 nitrogen and oxygen atoms in total. The van der Waals surface area contributed by atoms with Crippen molar-refractivity contribution in [1.82, 2.24) is 19.7 Å². The minimum absolute atomic E-state index is 0.103. The van der Waals surface area contributed by atoms with Crippen molar-refractivity contribution < 1.29 is 31.1 Å². The number of hydrogen-bond acceptors (Lipinski definition) is 4. The first kappa shape index (κ1) is 22.9. The molecule has 1 fully saturated rings. The zero-order chi connectivity index (χ0) is 23.0. The van der Waals surface area contributed by atoms with E-state index in [-0.39, 0.29) is 19.6 Å². The summed E-state index contributed by atoms with van der Waals surface area (Å²) in [6, 6.07) is 1.59. The van der Waals surface area contributed by atoms with E-state index in [1.54, 1.807) is 4.90 Å². The van der Waals surface area contributed by atoms with Crippen molar-refractivity contribution in [3.05, 3.63) is 41.3 Å². The van der Waals surface area contributed by atoms with Crippen LogP contribution in [0.3, 0.4) is 0 Å². The van der Waals surface area contributed by atoms with Gasteiger partial charge in [-0.05, 0) is 32.4 Å². The van der Waals surface area contributed by atoms with Gasteiger partial charge in [0, 0.05) is 38.4 Å². The van der Waals surface area contributed by atoms with Gasteiger partial charge in [0.05, 0.1) is 17.3 Å². The molecule has 0 bridgehead atoms. The maximum Gasteiger partial charge on any atom is 0.433 e. The molecule has 0 aliphatic carbocycles. The summed E-state index contributed by atoms with van der Waals surface area (Å²) in [4.78, 5) is 19.7. The Morgan fingerprint density at radius 2 is 1.68 bits per heavy atom. The molecule has 0 radical (unpaired) electrons. The van der Waals surface area contributed by atoms with Crippen LogP contribution < -0.4 is 4.90 Å². The summed E-state index contributed by atoms with van der Waals surface area (Å²) in [6.45, 7) is 4.02. The van der Waals surface area contributed by atoms with Gasteiger partial charge in [0.1, 0.15) is 5.82 Å². The second kappa shape index (κ2) is 8.39. The lowest BCUT2D eigenvalue weighted by atomic mass is 10.2. The van der Waals surface area contributed by atoms with Crippen molar-refractivity contribution in [3.63, 3.8) is 0 Å². The van der Waals surface area contributed by atoms with Crippen molar-refractivity contribution in [1.29, 1.82) is 0 Å². The Bertz CT molecular complexity index is 919. The summed E-state index contributed by atoms with van der Waals surface area (Å²) in [7, 11) is 0. The number of rotatable bonds is 3. The number of aromatic nitrogens is 3. The van der Waals surface area contributed by atoms with E-state index < -0.39 is 41.1 Å². The van der Waals surface area contributed by atoms with Gasteiger partial charge in [-0.2, -0.15) is 31.4 Å². The van der Waals surface area contributed by atoms with E-state index in [4.69, 9.17) is 0 Å². The van der Waals surface area contributed by atoms with Crippen LogP contribution in [-0.2, 0) is 12.4 Å². The van der Waals surface area contributed by atoms with Crippen molar-refractivity contribution in [2.75, 3.05) is 31.1 Å². The Kier molecular flexibility index (Phi) is 6.19. The molecule has 31 heavy (non-hydrogen) atoms. The maximum atomic E-state index is 13.6. The fourth-order valence-electron chi connectivity index (χ4n) is 3.45. The zero-order valence-corrected chi connectivity index (χ0v) is 16.8. The molecular weight excluding hydrogens is 428 g/mol. The first-order valence-corrected chi connectivity index (χ1v) is 9.61. The minimum atomic E-state index is -4.74. The fourth-order valence-corrected chi connectivity index (χ4v) is 3.45. The highest BCUT2D eigenvalue weighted by Gasteiger charge is 2.41. The largest absolute Gasteiger partial charge is 0.433 e. The normalized spacial score (nSPS) is 16.0. The zero-order valence-electron chi connectivity index (χ0n) is 16.8. The van der Waals surface area contributed by atoms with Crippen molar-refractivity contribution in [2.24, 2.45) is 0 Å². The predicted molar refractivity (Wildman–Crippen MR) is 99.6 cm³/mol. The van der Waals surface area contributed by atoms with Crippen LogP contribution in [0, 0.1) is 0 Å². The van der Waals surface area contributed by atoms with Gasteiger partial charge in [-0.15, -0.1) is 0 Å². The van der Waals surface area contributed by atoms with Crippen molar-refractivity contribution >= 4 is 11.7 Å². The molecule has 3 heterocycles. The van der Waals surface area contributed by atoms with Crippen LogP contribution in [0.4, 0.5) is 32.2 Å². The Balaban J connectivity index is 1.76. The molecule has 3 rings (SSSR count). The highest BCUT2D eigenvalue weighted by molar-refractivity contribution is 5.95. The fraction of sp³-hybridized carbons (Fsp3) is 0.526. The molecule has 1 saturated heterocycles. The second-order valence-electron chi connectivity index (χ2n) is 7.48. The highest BCUT2D eigenvalue weighted by atomic mass is 19.4. The summed E-state index contributed by atoms with van der Waals surface area (Å²) in [5.74, 6) is -0.465. The van der Waals surface area contributed by atoms with E-state index in [2.05, 4.69) is 10.1 Å². The third-order valence-electron chi connectivity index (χ3n) is 4.97. The molecule has 2 aromatic heterocycles. The SMILES string of the molecule is CC(C)n1ncc(C(=O)N2CCCN(c3ccc(C(F)(F)F)cn3)CC2)c1C(F)(F)F. The van der Waals surface area contributed by atoms with Gasteiger partial charge in [-0.1, -0.05) is 0 Å². The standard InChI is InChI=1S/C19H21F6N5O/c1-12(2)30-16(19(23,24)25)14(11-27-30)17(31)29-7-3-6-28(8-9-29)15-5-4-13(10-26-15)18(20,21)22/h4-5,10-12H,3,6-9H2,1-2H3. The van der Waals surface area contributed by atoms with Crippen LogP contribution >= 0.6 is 0 Å². The van der Waals surface area contributed by atoms with Crippen LogP contribution in [0.25, 0.3) is 0 Å². The van der Waals surface area contributed by atoms with Gasteiger partial charge in [0.2, 0.25) is 0 Å². The predicted octanol–water partition coefficient (Wildman–Crippen LogP) is 4.25. The third kappa shape index (κ3) is 4.93. The molecule has 170 valence electrons. The number of hydrogen-bond donors (Lipinski definition) is 0. The van der Waals surface area contributed by atoms with Gasteiger partial charge in [0.25, 0.3) is 5.91 Å². The molecule has 1 amide bonds. The van der Waals surface area contributed by atoms with Crippen LogP contribution in [-0.4, -0.2) is 51.8 Å². The highest BCUT2D eigenvalue weighted by Crippen LogP contribution is 2.34. The number of pyridine rings is 1. The van der Waals surface area contributed by atoms with E-state index in [0.29, 0.717) is 18.8 Å². The number of anilines is 1. The summed E-state index contributed by atoms with van der Waals surface area (Å²) >= 11 is 0. The van der Waals surface area contributed by atoms with E-state index in [0.717, 1.165) is 23.1 Å². The monoisotopic (exact) mass is 449 g/mol. The average Bonchev–Trinajstić information content (AvgIpc) is 3.00. The molecule has 12 heteroatoms. The second-order valence-corrected chi connectivity index (χ2v) is 7.48. The minimum Gasteiger partial charge on any atom is -0.355 e. The summed E-state index contributed by atoms with van der Waals surface area (Å²) < 4.78 is 79.7. The number of amides is 1. The number of halogens is 6. The quantitative estimate of drug-likeness (QED) is 0.658. The van der Waals surface area contributed by atoms with E-state index in [1.807, 2.05) is 0 Å². The number of carbonyl (C=O) groups is 1. The smallest absolute Gasteiger partial charge is 0.355 e. The van der Waals surface area contributed by atoms with E-state index in [1.165, 1.54) is 24.8 Å². The van der Waals surface area contributed by atoms with Crippen LogP contribution in [0.5, 0.6) is 0 Å². The van der Waals surface area contributed by atoms with Crippen molar-refractivity contribution in [3.8, 4) is 0 Å². The Morgan fingerprint density at radius 1 is 0.968 bits per heavy atom. The number of nitrogens with zero attached hydrogens (tertiary/aromatic N) is 5. The molecule has 0 aromatic carbocycles. The topological polar surface area (TPSA) is 54.3 Å². The summed E-state index contributed by atoms with van der Waals surface area (Å²) in [5, 5.41) is 3.75. The average molecular weight is 449 g/mol. The molecule has 0 saturated carbocycles. The van der Waals surface area contributed by atoms with Gasteiger partial charge < -0.3 is 9.80 Å². The molecule has 2 aromatic rings. The van der Waals surface area contributed by atoms with Gasteiger partial charge >= 0.3 is 12.4 Å². The molecular formula is C19H21F6N5O. The molecule has 0 atom stereocenters. The Hall–Kier alpha value is -2.79. The van der Waals surface area contributed by atoms with Gasteiger partial charge in [0.15, 0.2) is 5.69 Å². The molecule has 0 unspecified atom stereocenters. The number of alkyl halides is 6. The first-order chi connectivity index (χ1) is 14.4. The van der Waals surface area contributed by atoms with E-state index >= 15 is 0 Å². The third-order valence-corrected chi connectivity index (χ3v) is 4.97. The molecule has 0 N–H and O–H groups in total. The summed E-state index contributed by atoms with van der Waals surface area (Å²) in [5.41, 5.74) is -2.47. The molecule has 1 aliphatic rings. The van der Waals surface area contributed by atoms with Gasteiger partial charge in [-0.25, -0.2) is 4.98 Å². The van der Waals surface area contributed by atoms with Gasteiger partial charge in [-0.3, -0.25) is 9.48 Å². The maximum absolute atomic E-state index is 13.6. The molecule has 1 aliphatic heterocycles. The first-order valence-electron chi connectivity index (χ1n) is 9.61.